The van der Waals surface area contributed by atoms with Crippen molar-refractivity contribution < 1.29 is 36.2 Å². The quantitative estimate of drug-likeness (QED) is 0.206. The number of hydrogen-bond donors (Lipinski definition) is 0. The lowest BCUT2D eigenvalue weighted by Crippen LogP contribution is -2.33. The lowest BCUT2D eigenvalue weighted by atomic mass is 9.75. The number of hydrogen-bond acceptors (Lipinski definition) is 3. The van der Waals surface area contributed by atoms with E-state index < -0.39 is 35.9 Å². The van der Waals surface area contributed by atoms with Gasteiger partial charge in [-0.1, -0.05) is 24.3 Å². The monoisotopic (exact) mass is 510 g/mol. The summed E-state index contributed by atoms with van der Waals surface area (Å²) < 4.78 is 83.2. The zero-order chi connectivity index (χ0) is 25.7. The van der Waals surface area contributed by atoms with Gasteiger partial charge < -0.3 is 14.2 Å². The molecule has 2 unspecified atom stereocenters. The second-order valence-electron chi connectivity index (χ2n) is 9.64. The molecule has 1 saturated heterocycles. The van der Waals surface area contributed by atoms with Gasteiger partial charge >= 0.3 is 6.11 Å². The van der Waals surface area contributed by atoms with Gasteiger partial charge in [0.25, 0.3) is 0 Å². The number of benzene rings is 2. The Morgan fingerprint density at radius 3 is 2.17 bits per heavy atom. The summed E-state index contributed by atoms with van der Waals surface area (Å²) in [7, 11) is 0. The Morgan fingerprint density at radius 1 is 0.917 bits per heavy atom. The van der Waals surface area contributed by atoms with Crippen molar-refractivity contribution in [2.24, 2.45) is 11.8 Å². The van der Waals surface area contributed by atoms with Gasteiger partial charge in [0.1, 0.15) is 11.5 Å². The molecule has 0 bridgehead atoms. The predicted molar refractivity (Wildman–Crippen MR) is 126 cm³/mol. The summed E-state index contributed by atoms with van der Waals surface area (Å²) in [5.41, 5.74) is 1.14. The topological polar surface area (TPSA) is 27.7 Å². The van der Waals surface area contributed by atoms with E-state index in [1.165, 1.54) is 6.42 Å². The predicted octanol–water partition coefficient (Wildman–Crippen LogP) is 7.80. The van der Waals surface area contributed by atoms with Crippen LogP contribution in [0.1, 0.15) is 56.9 Å². The number of allylic oxidation sites excluding steroid dienone is 1. The van der Waals surface area contributed by atoms with Crippen LogP contribution in [0.4, 0.5) is 22.0 Å². The highest BCUT2D eigenvalue weighted by molar-refractivity contribution is 5.30. The Kier molecular flexibility index (Phi) is 8.54. The molecule has 2 aliphatic rings. The van der Waals surface area contributed by atoms with Crippen molar-refractivity contribution in [3.05, 3.63) is 71.6 Å². The molecular formula is C28H31F5O3. The van der Waals surface area contributed by atoms with Crippen molar-refractivity contribution in [1.82, 2.24) is 0 Å². The molecule has 4 rings (SSSR count). The van der Waals surface area contributed by atoms with E-state index in [1.807, 2.05) is 19.1 Å². The first-order chi connectivity index (χ1) is 17.2. The zero-order valence-electron chi connectivity index (χ0n) is 20.2. The van der Waals surface area contributed by atoms with E-state index in [4.69, 9.17) is 9.47 Å². The third kappa shape index (κ3) is 6.78. The first kappa shape index (κ1) is 26.5. The largest absolute Gasteiger partial charge is 0.483 e. The smallest absolute Gasteiger partial charge is 0.433 e. The lowest BCUT2D eigenvalue weighted by molar-refractivity contribution is -0.195. The molecule has 0 amide bonds. The van der Waals surface area contributed by atoms with E-state index in [-0.39, 0.29) is 5.75 Å². The summed E-state index contributed by atoms with van der Waals surface area (Å²) >= 11 is 0. The zero-order valence-corrected chi connectivity index (χ0v) is 20.2. The Morgan fingerprint density at radius 2 is 1.58 bits per heavy atom. The van der Waals surface area contributed by atoms with Crippen molar-refractivity contribution in [3.8, 4) is 11.5 Å². The Labute approximate surface area is 208 Å². The molecule has 1 aliphatic carbocycles. The second kappa shape index (κ2) is 11.6. The van der Waals surface area contributed by atoms with Crippen molar-refractivity contribution in [3.63, 3.8) is 0 Å². The fourth-order valence-electron chi connectivity index (χ4n) is 5.21. The highest BCUT2D eigenvalue weighted by Gasteiger charge is 2.34. The molecule has 2 atom stereocenters. The molecule has 36 heavy (non-hydrogen) atoms. The molecule has 0 spiro atoms. The van der Waals surface area contributed by atoms with Crippen molar-refractivity contribution >= 4 is 0 Å². The molecule has 2 aromatic carbocycles. The maximum Gasteiger partial charge on any atom is 0.433 e. The summed E-state index contributed by atoms with van der Waals surface area (Å²) in [5.74, 6) is -4.07. The molecule has 0 N–H and O–H groups in total. The van der Waals surface area contributed by atoms with Crippen LogP contribution < -0.4 is 9.47 Å². The summed E-state index contributed by atoms with van der Waals surface area (Å²) in [6.07, 6.45) is 7.40. The summed E-state index contributed by atoms with van der Waals surface area (Å²) in [6, 6.07) is 7.72. The average molecular weight is 511 g/mol. The van der Waals surface area contributed by atoms with Crippen molar-refractivity contribution in [2.75, 3.05) is 13.2 Å². The number of ether oxygens (including phenoxy) is 3. The van der Waals surface area contributed by atoms with Gasteiger partial charge in [0.05, 0.1) is 12.7 Å². The minimum absolute atomic E-state index is 0.221. The maximum atomic E-state index is 14.1. The fourth-order valence-corrected chi connectivity index (χ4v) is 5.21. The van der Waals surface area contributed by atoms with E-state index in [2.05, 4.69) is 16.9 Å². The first-order valence-corrected chi connectivity index (χ1v) is 12.4. The third-order valence-corrected chi connectivity index (χ3v) is 7.09. The molecule has 196 valence electrons. The summed E-state index contributed by atoms with van der Waals surface area (Å²) in [6.45, 7) is 1.67. The Bertz CT molecular complexity index is 1000. The molecule has 3 nitrogen and oxygen atoms in total. The molecule has 0 radical (unpaired) electrons. The minimum Gasteiger partial charge on any atom is -0.483 e. The number of alkyl halides is 2. The van der Waals surface area contributed by atoms with Crippen LogP contribution in [0, 0.1) is 29.3 Å². The maximum absolute atomic E-state index is 14.1. The summed E-state index contributed by atoms with van der Waals surface area (Å²) in [4.78, 5) is 0. The Hall–Kier alpha value is -2.61. The van der Waals surface area contributed by atoms with Crippen LogP contribution in [-0.4, -0.2) is 25.4 Å². The van der Waals surface area contributed by atoms with E-state index in [0.717, 1.165) is 44.3 Å². The third-order valence-electron chi connectivity index (χ3n) is 7.09. The van der Waals surface area contributed by atoms with Gasteiger partial charge in [-0.2, -0.15) is 8.78 Å². The molecule has 2 fully saturated rings. The fraction of sp³-hybridized carbons (Fsp3) is 0.500. The highest BCUT2D eigenvalue weighted by atomic mass is 19.3. The molecule has 8 heteroatoms. The SMILES string of the molecule is CC=CC1CCC(C2CCC(c3ccc(OCC(F)(F)Oc4cc(F)c(F)c(F)c4)cc3)CC2)OC1. The van der Waals surface area contributed by atoms with Gasteiger partial charge in [0, 0.05) is 18.1 Å². The standard InChI is InChI=1S/C28H31F5O3/c1-2-3-18-4-13-26(34-16-18)21-7-5-19(6-8-21)20-9-11-22(12-10-20)35-17-28(32,33)36-23-14-24(29)27(31)25(30)15-23/h2-3,9-12,14-15,18-19,21,26H,4-8,13,16-17H2,1H3. The second-order valence-corrected chi connectivity index (χ2v) is 9.64. The van der Waals surface area contributed by atoms with E-state index >= 15 is 0 Å². The molecule has 0 aromatic heterocycles. The average Bonchev–Trinajstić information content (AvgIpc) is 2.87. The number of halogens is 5. The van der Waals surface area contributed by atoms with Crippen LogP contribution in [0.25, 0.3) is 0 Å². The first-order valence-electron chi connectivity index (χ1n) is 12.4. The molecule has 1 aliphatic heterocycles. The highest BCUT2D eigenvalue weighted by Crippen LogP contribution is 2.40. The van der Waals surface area contributed by atoms with Gasteiger partial charge in [0.15, 0.2) is 24.1 Å². The molecule has 2 aromatic rings. The van der Waals surface area contributed by atoms with Gasteiger partial charge in [-0.05, 0) is 75.0 Å². The minimum atomic E-state index is -3.87. The number of rotatable bonds is 8. The van der Waals surface area contributed by atoms with Crippen molar-refractivity contribution in [2.45, 2.75) is 63.6 Å². The van der Waals surface area contributed by atoms with Crippen LogP contribution in [-0.2, 0) is 4.74 Å². The molecular weight excluding hydrogens is 479 g/mol. The van der Waals surface area contributed by atoms with E-state index in [1.54, 1.807) is 12.1 Å². The van der Waals surface area contributed by atoms with E-state index in [0.29, 0.717) is 36.0 Å². The lowest BCUT2D eigenvalue weighted by Gasteiger charge is -2.37. The van der Waals surface area contributed by atoms with Crippen LogP contribution >= 0.6 is 0 Å². The van der Waals surface area contributed by atoms with E-state index in [9.17, 15) is 22.0 Å². The molecule has 1 saturated carbocycles. The van der Waals surface area contributed by atoms with Gasteiger partial charge in [0.2, 0.25) is 0 Å². The van der Waals surface area contributed by atoms with Crippen LogP contribution in [0.2, 0.25) is 0 Å². The van der Waals surface area contributed by atoms with Crippen LogP contribution in [0.5, 0.6) is 11.5 Å². The van der Waals surface area contributed by atoms with Crippen LogP contribution in [0.3, 0.4) is 0 Å². The van der Waals surface area contributed by atoms with Crippen LogP contribution in [0.15, 0.2) is 48.6 Å². The molecule has 1 heterocycles. The van der Waals surface area contributed by atoms with Gasteiger partial charge in [-0.3, -0.25) is 0 Å². The van der Waals surface area contributed by atoms with Gasteiger partial charge in [-0.25, -0.2) is 13.2 Å². The van der Waals surface area contributed by atoms with Gasteiger partial charge in [-0.15, -0.1) is 0 Å². The summed E-state index contributed by atoms with van der Waals surface area (Å²) in [5, 5.41) is 0. The normalized spacial score (nSPS) is 25.2. The Balaban J connectivity index is 1.24. The van der Waals surface area contributed by atoms with Crippen molar-refractivity contribution in [1.29, 1.82) is 0 Å².